The molecule has 108 valence electrons. The van der Waals surface area contributed by atoms with Crippen molar-refractivity contribution in [2.45, 2.75) is 32.9 Å². The van der Waals surface area contributed by atoms with Gasteiger partial charge in [0.2, 0.25) is 0 Å². The Morgan fingerprint density at radius 3 is 2.74 bits per heavy atom. The molecule has 3 nitrogen and oxygen atoms in total. The fourth-order valence-corrected chi connectivity index (χ4v) is 2.43. The third kappa shape index (κ3) is 5.51. The molecule has 1 aromatic carbocycles. The van der Waals surface area contributed by atoms with Crippen LogP contribution in [-0.4, -0.2) is 38.2 Å². The SMILES string of the molecule is CCC(C)N(C)CCNCc1ccc(OC)c(Br)c1. The summed E-state index contributed by atoms with van der Waals surface area (Å²) in [7, 11) is 3.86. The van der Waals surface area contributed by atoms with Gasteiger partial charge in [-0.15, -0.1) is 0 Å². The minimum absolute atomic E-state index is 0.650. The number of ether oxygens (including phenoxy) is 1. The van der Waals surface area contributed by atoms with Gasteiger partial charge >= 0.3 is 0 Å². The van der Waals surface area contributed by atoms with E-state index in [4.69, 9.17) is 4.74 Å². The molecule has 0 radical (unpaired) electrons. The Kier molecular flexibility index (Phi) is 7.42. The Labute approximate surface area is 125 Å². The number of hydrogen-bond acceptors (Lipinski definition) is 3. The molecule has 1 unspecified atom stereocenters. The van der Waals surface area contributed by atoms with Gasteiger partial charge in [0.25, 0.3) is 0 Å². The van der Waals surface area contributed by atoms with Crippen LogP contribution in [-0.2, 0) is 6.54 Å². The van der Waals surface area contributed by atoms with Gasteiger partial charge in [0.15, 0.2) is 0 Å². The molecule has 1 N–H and O–H groups in total. The molecule has 0 aromatic heterocycles. The molecule has 0 saturated carbocycles. The normalized spacial score (nSPS) is 12.7. The first-order valence-electron chi connectivity index (χ1n) is 6.81. The van der Waals surface area contributed by atoms with Gasteiger partial charge in [0, 0.05) is 25.7 Å². The maximum absolute atomic E-state index is 5.22. The molecular formula is C15H25BrN2O. The first-order valence-corrected chi connectivity index (χ1v) is 7.61. The van der Waals surface area contributed by atoms with Crippen LogP contribution in [0.5, 0.6) is 5.75 Å². The third-order valence-electron chi connectivity index (χ3n) is 3.53. The highest BCUT2D eigenvalue weighted by molar-refractivity contribution is 9.10. The van der Waals surface area contributed by atoms with Gasteiger partial charge in [-0.2, -0.15) is 0 Å². The summed E-state index contributed by atoms with van der Waals surface area (Å²) in [5.41, 5.74) is 1.26. The van der Waals surface area contributed by atoms with Gasteiger partial charge in [-0.1, -0.05) is 13.0 Å². The maximum Gasteiger partial charge on any atom is 0.133 e. The van der Waals surface area contributed by atoms with Crippen molar-refractivity contribution >= 4 is 15.9 Å². The lowest BCUT2D eigenvalue weighted by atomic mass is 10.2. The van der Waals surface area contributed by atoms with E-state index in [2.05, 4.69) is 59.2 Å². The molecule has 1 rings (SSSR count). The van der Waals surface area contributed by atoms with Gasteiger partial charge in [0.05, 0.1) is 11.6 Å². The van der Waals surface area contributed by atoms with Crippen LogP contribution in [0.3, 0.4) is 0 Å². The summed E-state index contributed by atoms with van der Waals surface area (Å²) in [6.45, 7) is 7.46. The molecule has 1 atom stereocenters. The fourth-order valence-electron chi connectivity index (χ4n) is 1.84. The predicted molar refractivity (Wildman–Crippen MR) is 84.8 cm³/mol. The molecule has 1 aromatic rings. The molecule has 4 heteroatoms. The molecule has 0 aliphatic carbocycles. The number of nitrogens with one attached hydrogen (secondary N) is 1. The minimum atomic E-state index is 0.650. The van der Waals surface area contributed by atoms with Crippen LogP contribution in [0.2, 0.25) is 0 Å². The van der Waals surface area contributed by atoms with E-state index in [-0.39, 0.29) is 0 Å². The molecule has 0 heterocycles. The van der Waals surface area contributed by atoms with Crippen molar-refractivity contribution in [1.29, 1.82) is 0 Å². The second-order valence-corrected chi connectivity index (χ2v) is 5.74. The number of nitrogens with zero attached hydrogens (tertiary/aromatic N) is 1. The lowest BCUT2D eigenvalue weighted by Crippen LogP contribution is -2.34. The molecule has 0 saturated heterocycles. The van der Waals surface area contributed by atoms with Crippen LogP contribution in [0.15, 0.2) is 22.7 Å². The second kappa shape index (κ2) is 8.56. The molecule has 0 aliphatic heterocycles. The average molecular weight is 329 g/mol. The Morgan fingerprint density at radius 1 is 1.42 bits per heavy atom. The summed E-state index contributed by atoms with van der Waals surface area (Å²) in [4.78, 5) is 2.39. The number of rotatable bonds is 8. The summed E-state index contributed by atoms with van der Waals surface area (Å²) >= 11 is 3.51. The zero-order chi connectivity index (χ0) is 14.3. The number of benzene rings is 1. The quantitative estimate of drug-likeness (QED) is 0.741. The molecule has 19 heavy (non-hydrogen) atoms. The number of halogens is 1. The van der Waals surface area contributed by atoms with Crippen LogP contribution >= 0.6 is 15.9 Å². The standard InChI is InChI=1S/C15H25BrN2O/c1-5-12(2)18(3)9-8-17-11-13-6-7-15(19-4)14(16)10-13/h6-7,10,12,17H,5,8-9,11H2,1-4H3. The minimum Gasteiger partial charge on any atom is -0.496 e. The highest BCUT2D eigenvalue weighted by Crippen LogP contribution is 2.25. The number of hydrogen-bond donors (Lipinski definition) is 1. The van der Waals surface area contributed by atoms with Crippen LogP contribution < -0.4 is 10.1 Å². The van der Waals surface area contributed by atoms with Crippen molar-refractivity contribution in [3.05, 3.63) is 28.2 Å². The van der Waals surface area contributed by atoms with Crippen LogP contribution in [0.25, 0.3) is 0 Å². The maximum atomic E-state index is 5.22. The predicted octanol–water partition coefficient (Wildman–Crippen LogP) is 3.28. The van der Waals surface area contributed by atoms with Gasteiger partial charge in [-0.05, 0) is 54.0 Å². The van der Waals surface area contributed by atoms with E-state index in [9.17, 15) is 0 Å². The second-order valence-electron chi connectivity index (χ2n) is 4.88. The first kappa shape index (κ1) is 16.5. The largest absolute Gasteiger partial charge is 0.496 e. The summed E-state index contributed by atoms with van der Waals surface area (Å²) in [6.07, 6.45) is 1.20. The molecule has 0 spiro atoms. The summed E-state index contributed by atoms with van der Waals surface area (Å²) in [6, 6.07) is 6.84. The van der Waals surface area contributed by atoms with E-state index < -0.39 is 0 Å². The zero-order valence-electron chi connectivity index (χ0n) is 12.4. The Bertz CT molecular complexity index is 384. The zero-order valence-corrected chi connectivity index (χ0v) is 14.0. The van der Waals surface area contributed by atoms with Gasteiger partial charge in [-0.3, -0.25) is 0 Å². The lowest BCUT2D eigenvalue weighted by Gasteiger charge is -2.23. The first-order chi connectivity index (χ1) is 9.08. The van der Waals surface area contributed by atoms with E-state index in [0.29, 0.717) is 6.04 Å². The van der Waals surface area contributed by atoms with Gasteiger partial charge in [-0.25, -0.2) is 0 Å². The topological polar surface area (TPSA) is 24.5 Å². The molecule has 0 fully saturated rings. The van der Waals surface area contributed by atoms with E-state index >= 15 is 0 Å². The third-order valence-corrected chi connectivity index (χ3v) is 4.15. The number of likely N-dealkylation sites (N-methyl/N-ethyl adjacent to an activating group) is 1. The van der Waals surface area contributed by atoms with Crippen molar-refractivity contribution in [2.75, 3.05) is 27.2 Å². The van der Waals surface area contributed by atoms with Crippen LogP contribution in [0.1, 0.15) is 25.8 Å². The molecule has 0 aliphatic rings. The summed E-state index contributed by atoms with van der Waals surface area (Å²) in [5, 5.41) is 3.47. The van der Waals surface area contributed by atoms with E-state index in [1.165, 1.54) is 12.0 Å². The Hall–Kier alpha value is -0.580. The Morgan fingerprint density at radius 2 is 2.16 bits per heavy atom. The van der Waals surface area contributed by atoms with Crippen LogP contribution in [0.4, 0.5) is 0 Å². The highest BCUT2D eigenvalue weighted by Gasteiger charge is 2.05. The van der Waals surface area contributed by atoms with Gasteiger partial charge in [0.1, 0.15) is 5.75 Å². The molecule has 0 amide bonds. The van der Waals surface area contributed by atoms with Crippen molar-refractivity contribution in [3.63, 3.8) is 0 Å². The summed E-state index contributed by atoms with van der Waals surface area (Å²) < 4.78 is 6.23. The average Bonchev–Trinajstić information content (AvgIpc) is 2.42. The van der Waals surface area contributed by atoms with Gasteiger partial charge < -0.3 is 15.0 Å². The Balaban J connectivity index is 2.31. The monoisotopic (exact) mass is 328 g/mol. The van der Waals surface area contributed by atoms with E-state index in [1.807, 2.05) is 6.07 Å². The fraction of sp³-hybridized carbons (Fsp3) is 0.600. The van der Waals surface area contributed by atoms with Crippen LogP contribution in [0, 0.1) is 0 Å². The van der Waals surface area contributed by atoms with E-state index in [0.717, 1.165) is 29.9 Å². The van der Waals surface area contributed by atoms with E-state index in [1.54, 1.807) is 7.11 Å². The molecule has 0 bridgehead atoms. The summed E-state index contributed by atoms with van der Waals surface area (Å²) in [5.74, 6) is 0.875. The smallest absolute Gasteiger partial charge is 0.133 e. The highest BCUT2D eigenvalue weighted by atomic mass is 79.9. The van der Waals surface area contributed by atoms with Crippen molar-refractivity contribution < 1.29 is 4.74 Å². The lowest BCUT2D eigenvalue weighted by molar-refractivity contribution is 0.251. The van der Waals surface area contributed by atoms with Crippen molar-refractivity contribution in [1.82, 2.24) is 10.2 Å². The van der Waals surface area contributed by atoms with Crippen molar-refractivity contribution in [3.8, 4) is 5.75 Å². The van der Waals surface area contributed by atoms with Crippen molar-refractivity contribution in [2.24, 2.45) is 0 Å². The molecular weight excluding hydrogens is 304 g/mol. The number of methoxy groups -OCH3 is 1.